The molecule has 1 unspecified atom stereocenters. The Labute approximate surface area is 73.5 Å². The van der Waals surface area contributed by atoms with Crippen molar-refractivity contribution in [3.63, 3.8) is 0 Å². The zero-order valence-electron chi connectivity index (χ0n) is 7.39. The number of hydrogen-bond donors (Lipinski definition) is 0. The molecule has 1 atom stereocenters. The largest absolute Gasteiger partial charge is 0.161 e. The first-order chi connectivity index (χ1) is 4.66. The number of rotatable bonds is 5. The van der Waals surface area contributed by atoms with Crippen molar-refractivity contribution in [1.29, 1.82) is 0 Å². The monoisotopic (exact) mass is 178 g/mol. The summed E-state index contributed by atoms with van der Waals surface area (Å²) in [5, 5.41) is 0.823. The van der Waals surface area contributed by atoms with Gasteiger partial charge in [0.15, 0.2) is 0 Å². The molecule has 0 aromatic carbocycles. The topological polar surface area (TPSA) is 0 Å². The molecule has 0 fully saturated rings. The molecule has 62 valence electrons. The summed E-state index contributed by atoms with van der Waals surface area (Å²) in [6.45, 7) is 6.84. The second kappa shape index (κ2) is 6.41. The summed E-state index contributed by atoms with van der Waals surface area (Å²) in [5.74, 6) is 3.46. The van der Waals surface area contributed by atoms with Crippen LogP contribution in [0.1, 0.15) is 20.8 Å². The number of thioether (sulfide) groups is 2. The van der Waals surface area contributed by atoms with Gasteiger partial charge in [0, 0.05) is 11.0 Å². The quantitative estimate of drug-likeness (QED) is 0.634. The number of hydrogen-bond acceptors (Lipinski definition) is 2. The van der Waals surface area contributed by atoms with E-state index in [2.05, 4.69) is 38.8 Å². The standard InChI is InChI=1S/C8H18S2/c1-7(2)5-10-6-8(3)9-4/h7-8H,5-6H2,1-4H3. The van der Waals surface area contributed by atoms with Gasteiger partial charge in [-0.2, -0.15) is 23.5 Å². The van der Waals surface area contributed by atoms with E-state index in [-0.39, 0.29) is 0 Å². The Morgan fingerprint density at radius 1 is 1.10 bits per heavy atom. The van der Waals surface area contributed by atoms with Gasteiger partial charge in [-0.25, -0.2) is 0 Å². The SMILES string of the molecule is CSC(C)CSCC(C)C. The smallest absolute Gasteiger partial charge is 0.0107 e. The fourth-order valence-corrected chi connectivity index (χ4v) is 2.31. The normalized spacial score (nSPS) is 14.1. The molecule has 0 aromatic heterocycles. The summed E-state index contributed by atoms with van der Waals surface area (Å²) >= 11 is 4.03. The molecule has 0 aromatic rings. The molecule has 0 saturated carbocycles. The van der Waals surface area contributed by atoms with Gasteiger partial charge in [-0.05, 0) is 17.9 Å². The Morgan fingerprint density at radius 2 is 1.70 bits per heavy atom. The van der Waals surface area contributed by atoms with Crippen LogP contribution in [-0.4, -0.2) is 23.0 Å². The van der Waals surface area contributed by atoms with Crippen molar-refractivity contribution < 1.29 is 0 Å². The summed E-state index contributed by atoms with van der Waals surface area (Å²) in [6, 6.07) is 0. The predicted molar refractivity (Wildman–Crippen MR) is 55.1 cm³/mol. The van der Waals surface area contributed by atoms with Crippen molar-refractivity contribution in [2.45, 2.75) is 26.0 Å². The first kappa shape index (κ1) is 10.7. The van der Waals surface area contributed by atoms with Crippen LogP contribution in [0, 0.1) is 5.92 Å². The second-order valence-electron chi connectivity index (χ2n) is 2.98. The molecule has 0 aliphatic carbocycles. The predicted octanol–water partition coefficient (Wildman–Crippen LogP) is 3.13. The third-order valence-corrected chi connectivity index (χ3v) is 4.03. The van der Waals surface area contributed by atoms with Gasteiger partial charge < -0.3 is 0 Å². The van der Waals surface area contributed by atoms with Crippen LogP contribution in [0.2, 0.25) is 0 Å². The molecule has 0 bridgehead atoms. The van der Waals surface area contributed by atoms with E-state index in [9.17, 15) is 0 Å². The van der Waals surface area contributed by atoms with Crippen molar-refractivity contribution in [2.75, 3.05) is 17.8 Å². The van der Waals surface area contributed by atoms with E-state index in [0.29, 0.717) is 0 Å². The van der Waals surface area contributed by atoms with Gasteiger partial charge in [0.2, 0.25) is 0 Å². The van der Waals surface area contributed by atoms with Crippen LogP contribution < -0.4 is 0 Å². The molecule has 0 aliphatic heterocycles. The van der Waals surface area contributed by atoms with Crippen molar-refractivity contribution in [3.05, 3.63) is 0 Å². The molecule has 0 amide bonds. The van der Waals surface area contributed by atoms with Gasteiger partial charge >= 0.3 is 0 Å². The maximum Gasteiger partial charge on any atom is 0.0107 e. The average Bonchev–Trinajstić information content (AvgIpc) is 1.87. The highest BCUT2D eigenvalue weighted by Crippen LogP contribution is 2.15. The Morgan fingerprint density at radius 3 is 2.10 bits per heavy atom. The van der Waals surface area contributed by atoms with Crippen LogP contribution >= 0.6 is 23.5 Å². The molecule has 0 N–H and O–H groups in total. The first-order valence-electron chi connectivity index (χ1n) is 3.77. The van der Waals surface area contributed by atoms with Crippen molar-refractivity contribution in [1.82, 2.24) is 0 Å². The van der Waals surface area contributed by atoms with Crippen LogP contribution in [0.25, 0.3) is 0 Å². The van der Waals surface area contributed by atoms with Gasteiger partial charge in [-0.15, -0.1) is 0 Å². The molecule has 0 saturated heterocycles. The highest BCUT2D eigenvalue weighted by molar-refractivity contribution is 8.03. The minimum atomic E-state index is 0.823. The molecule has 0 aliphatic rings. The molecular formula is C8H18S2. The second-order valence-corrected chi connectivity index (χ2v) is 5.33. The van der Waals surface area contributed by atoms with E-state index in [0.717, 1.165) is 11.2 Å². The lowest BCUT2D eigenvalue weighted by Crippen LogP contribution is -2.01. The summed E-state index contributed by atoms with van der Waals surface area (Å²) in [4.78, 5) is 0. The highest BCUT2D eigenvalue weighted by atomic mass is 32.2. The van der Waals surface area contributed by atoms with Crippen LogP contribution in [0.3, 0.4) is 0 Å². The Bertz CT molecular complexity index is 71.7. The lowest BCUT2D eigenvalue weighted by molar-refractivity contribution is 0.750. The van der Waals surface area contributed by atoms with E-state index in [1.165, 1.54) is 11.5 Å². The summed E-state index contributed by atoms with van der Waals surface area (Å²) in [5.41, 5.74) is 0. The average molecular weight is 178 g/mol. The van der Waals surface area contributed by atoms with Gasteiger partial charge in [-0.1, -0.05) is 20.8 Å². The van der Waals surface area contributed by atoms with Crippen molar-refractivity contribution >= 4 is 23.5 Å². The van der Waals surface area contributed by atoms with Crippen LogP contribution in [0.5, 0.6) is 0 Å². The zero-order chi connectivity index (χ0) is 7.98. The summed E-state index contributed by atoms with van der Waals surface area (Å²) in [7, 11) is 0. The van der Waals surface area contributed by atoms with E-state index in [4.69, 9.17) is 0 Å². The Hall–Kier alpha value is 0.700. The lowest BCUT2D eigenvalue weighted by atomic mass is 10.3. The highest BCUT2D eigenvalue weighted by Gasteiger charge is 1.99. The van der Waals surface area contributed by atoms with Crippen LogP contribution in [-0.2, 0) is 0 Å². The molecular weight excluding hydrogens is 160 g/mol. The van der Waals surface area contributed by atoms with E-state index in [1.807, 2.05) is 11.8 Å². The van der Waals surface area contributed by atoms with Crippen molar-refractivity contribution in [3.8, 4) is 0 Å². The molecule has 0 rings (SSSR count). The fraction of sp³-hybridized carbons (Fsp3) is 1.00. The zero-order valence-corrected chi connectivity index (χ0v) is 9.02. The maximum absolute atomic E-state index is 2.29. The van der Waals surface area contributed by atoms with Gasteiger partial charge in [0.1, 0.15) is 0 Å². The minimum absolute atomic E-state index is 0.823. The van der Waals surface area contributed by atoms with E-state index >= 15 is 0 Å². The molecule has 0 radical (unpaired) electrons. The van der Waals surface area contributed by atoms with E-state index in [1.54, 1.807) is 0 Å². The Kier molecular flexibility index (Phi) is 6.86. The lowest BCUT2D eigenvalue weighted by Gasteiger charge is -2.08. The van der Waals surface area contributed by atoms with Crippen LogP contribution in [0.15, 0.2) is 0 Å². The van der Waals surface area contributed by atoms with Gasteiger partial charge in [-0.3, -0.25) is 0 Å². The molecule has 10 heavy (non-hydrogen) atoms. The maximum atomic E-state index is 2.29. The molecule has 0 spiro atoms. The third-order valence-electron chi connectivity index (χ3n) is 1.21. The first-order valence-corrected chi connectivity index (χ1v) is 6.21. The molecule has 2 heteroatoms. The van der Waals surface area contributed by atoms with Crippen LogP contribution in [0.4, 0.5) is 0 Å². The molecule has 0 heterocycles. The summed E-state index contributed by atoms with van der Waals surface area (Å²) < 4.78 is 0. The van der Waals surface area contributed by atoms with E-state index < -0.39 is 0 Å². The molecule has 0 nitrogen and oxygen atoms in total. The fourth-order valence-electron chi connectivity index (χ4n) is 0.538. The van der Waals surface area contributed by atoms with Crippen molar-refractivity contribution in [2.24, 2.45) is 5.92 Å². The van der Waals surface area contributed by atoms with Gasteiger partial charge in [0.05, 0.1) is 0 Å². The van der Waals surface area contributed by atoms with Gasteiger partial charge in [0.25, 0.3) is 0 Å². The third kappa shape index (κ3) is 6.81. The minimum Gasteiger partial charge on any atom is -0.161 e. The Balaban J connectivity index is 3.03. The summed E-state index contributed by atoms with van der Waals surface area (Å²) in [6.07, 6.45) is 2.18.